The van der Waals surface area contributed by atoms with Crippen molar-refractivity contribution in [2.75, 3.05) is 45.1 Å². The third-order valence-corrected chi connectivity index (χ3v) is 17.3. The van der Waals surface area contributed by atoms with Crippen LogP contribution in [0.1, 0.15) is 157 Å². The molecule has 0 saturated carbocycles. The van der Waals surface area contributed by atoms with E-state index in [1.807, 2.05) is 27.7 Å². The summed E-state index contributed by atoms with van der Waals surface area (Å²) < 4.78 is 11.8. The maximum Gasteiger partial charge on any atom is 0.327 e. The number of aromatic hydroxyl groups is 1. The molecule has 20 N–H and O–H groups in total. The summed E-state index contributed by atoms with van der Waals surface area (Å²) in [6.07, 6.45) is -1.31. The quantitative estimate of drug-likeness (QED) is 0.0236. The molecule has 1 heterocycles. The third kappa shape index (κ3) is 35.1. The molecular weight excluding hydrogens is 1360 g/mol. The predicted molar refractivity (Wildman–Crippen MR) is 366 cm³/mol. The number of unbranched alkanes of at least 4 members (excludes halogenated alkanes) is 3. The fourth-order valence-corrected chi connectivity index (χ4v) is 11.0. The van der Waals surface area contributed by atoms with Gasteiger partial charge in [-0.05, 0) is 131 Å². The summed E-state index contributed by atoms with van der Waals surface area (Å²) in [6.45, 7) is 12.2. The van der Waals surface area contributed by atoms with Crippen LogP contribution in [-0.2, 0) is 92.6 Å². The van der Waals surface area contributed by atoms with Crippen LogP contribution in [0.5, 0.6) is 5.75 Å². The third-order valence-electron chi connectivity index (χ3n) is 16.0. The van der Waals surface area contributed by atoms with Gasteiger partial charge in [0, 0.05) is 50.9 Å². The van der Waals surface area contributed by atoms with E-state index >= 15 is 0 Å². The number of rotatable bonds is 52. The van der Waals surface area contributed by atoms with Crippen LogP contribution >= 0.6 is 11.8 Å². The number of phenols is 1. The topological polar surface area (TPSA) is 582 Å². The molecule has 572 valence electrons. The Morgan fingerprint density at radius 1 is 0.559 bits per heavy atom. The van der Waals surface area contributed by atoms with E-state index in [-0.39, 0.29) is 76.1 Å². The molecule has 1 aliphatic heterocycles. The SMILES string of the molecule is CC(=O)CCOC(C)(C)CCOC(C)(C)CCNC(=O)CCN1C(=O)CC(SC[C@H](NC(=O)[C@H](CCCCN)NC(=O)[C@H](CC(=O)O)NC(=O)[C@H](C)NC(=O)[C@H](CCC(=O)O)NC(=O)[C@H](C)NC(=O)[C@H](CCCCCN)NC(=O)[C@H](Cc2ccc(O)cc2)NC(=O)[C@@H](N)CC(=O)O)C(=O)O)C1=O. The number of ether oxygens (including phenoxy) is 2. The average Bonchev–Trinajstić information content (AvgIpc) is 1.65. The maximum atomic E-state index is 13.9. The Kier molecular flexibility index (Phi) is 39.5. The molecule has 1 saturated heterocycles. The largest absolute Gasteiger partial charge is 0.508 e. The molecule has 0 aromatic heterocycles. The van der Waals surface area contributed by atoms with Crippen molar-refractivity contribution < 1.29 is 112 Å². The Morgan fingerprint density at radius 3 is 1.57 bits per heavy atom. The van der Waals surface area contributed by atoms with Gasteiger partial charge < -0.3 is 100 Å². The number of Topliss-reactive ketones (excluding diaryl/α,β-unsaturated/α-hetero) is 1. The van der Waals surface area contributed by atoms with Crippen molar-refractivity contribution in [3.63, 3.8) is 0 Å². The van der Waals surface area contributed by atoms with Gasteiger partial charge >= 0.3 is 23.9 Å². The highest BCUT2D eigenvalue weighted by molar-refractivity contribution is 8.00. The Hall–Kier alpha value is -8.91. The van der Waals surface area contributed by atoms with Crippen LogP contribution in [0.2, 0.25) is 0 Å². The lowest BCUT2D eigenvalue weighted by atomic mass is 10.0. The highest BCUT2D eigenvalue weighted by Crippen LogP contribution is 2.27. The number of carboxylic acids is 4. The number of phenolic OH excluding ortho intramolecular Hbond substituents is 1. The fourth-order valence-electron chi connectivity index (χ4n) is 9.82. The van der Waals surface area contributed by atoms with Gasteiger partial charge in [0.05, 0.1) is 48.5 Å². The number of aliphatic carboxylic acids is 4. The van der Waals surface area contributed by atoms with Gasteiger partial charge in [0.1, 0.15) is 59.9 Å². The van der Waals surface area contributed by atoms with E-state index in [0.29, 0.717) is 63.8 Å². The number of benzene rings is 1. The Labute approximate surface area is 595 Å². The van der Waals surface area contributed by atoms with Crippen molar-refractivity contribution in [2.45, 2.75) is 228 Å². The smallest absolute Gasteiger partial charge is 0.327 e. The molecule has 1 unspecified atom stereocenters. The van der Waals surface area contributed by atoms with Crippen LogP contribution < -0.4 is 65.1 Å². The number of ketones is 1. The van der Waals surface area contributed by atoms with E-state index < -0.39 is 191 Å². The summed E-state index contributed by atoms with van der Waals surface area (Å²) in [5, 5.41) is 68.9. The van der Waals surface area contributed by atoms with E-state index in [2.05, 4.69) is 47.9 Å². The lowest BCUT2D eigenvalue weighted by molar-refractivity contribution is -0.143. The molecule has 11 amide bonds. The van der Waals surface area contributed by atoms with Crippen molar-refractivity contribution in [3.05, 3.63) is 29.8 Å². The Bertz CT molecular complexity index is 3070. The van der Waals surface area contributed by atoms with Gasteiger partial charge in [0.15, 0.2) is 0 Å². The van der Waals surface area contributed by atoms with E-state index in [1.54, 1.807) is 0 Å². The molecule has 10 atom stereocenters. The van der Waals surface area contributed by atoms with E-state index in [9.17, 15) is 102 Å². The minimum absolute atomic E-state index is 0.0195. The predicted octanol–water partition coefficient (Wildman–Crippen LogP) is -2.56. The number of nitrogens with zero attached hydrogens (tertiary/aromatic N) is 1. The molecule has 0 radical (unpaired) electrons. The lowest BCUT2D eigenvalue weighted by Crippen LogP contribution is -2.60. The number of imide groups is 1. The van der Waals surface area contributed by atoms with Crippen LogP contribution in [0.3, 0.4) is 0 Å². The first-order valence-electron chi connectivity index (χ1n) is 33.5. The number of carbonyl (C=O) groups excluding carboxylic acids is 12. The van der Waals surface area contributed by atoms with Gasteiger partial charge in [-0.3, -0.25) is 76.8 Å². The number of amides is 11. The number of thioether (sulfide) groups is 1. The molecule has 1 aromatic carbocycles. The zero-order chi connectivity index (χ0) is 77.0. The first-order valence-corrected chi connectivity index (χ1v) is 34.6. The number of carbonyl (C=O) groups is 16. The maximum absolute atomic E-state index is 13.9. The molecule has 102 heavy (non-hydrogen) atoms. The highest BCUT2D eigenvalue weighted by Gasteiger charge is 2.41. The van der Waals surface area contributed by atoms with Crippen LogP contribution in [-0.4, -0.2) is 241 Å². The van der Waals surface area contributed by atoms with E-state index in [1.165, 1.54) is 38.1 Å². The summed E-state index contributed by atoms with van der Waals surface area (Å²) in [5.74, 6) is -17.1. The normalized spacial score (nSPS) is 15.7. The second-order valence-corrected chi connectivity index (χ2v) is 27.1. The second kappa shape index (κ2) is 45.2. The number of carboxylic acid groups (broad SMARTS) is 4. The average molecular weight is 1470 g/mol. The van der Waals surface area contributed by atoms with Crippen LogP contribution in [0.25, 0.3) is 0 Å². The summed E-state index contributed by atoms with van der Waals surface area (Å²) in [5.41, 5.74) is 16.3. The monoisotopic (exact) mass is 1470 g/mol. The molecular formula is C65H103N13O23S. The Morgan fingerprint density at radius 2 is 1.03 bits per heavy atom. The Balaban J connectivity index is 2.17. The zero-order valence-corrected chi connectivity index (χ0v) is 59.5. The number of hydrogen-bond donors (Lipinski definition) is 17. The van der Waals surface area contributed by atoms with Crippen molar-refractivity contribution in [1.29, 1.82) is 0 Å². The molecule has 0 spiro atoms. The highest BCUT2D eigenvalue weighted by atomic mass is 32.2. The van der Waals surface area contributed by atoms with Gasteiger partial charge in [-0.2, -0.15) is 0 Å². The summed E-state index contributed by atoms with van der Waals surface area (Å²) >= 11 is 0.742. The fraction of sp³-hybridized carbons (Fsp3) is 0.662. The number of nitrogens with one attached hydrogen (secondary N) is 9. The summed E-state index contributed by atoms with van der Waals surface area (Å²) in [7, 11) is 0. The van der Waals surface area contributed by atoms with Gasteiger partial charge in [0.25, 0.3) is 0 Å². The van der Waals surface area contributed by atoms with E-state index in [0.717, 1.165) is 23.6 Å². The van der Waals surface area contributed by atoms with Gasteiger partial charge in [-0.25, -0.2) is 4.79 Å². The second-order valence-electron chi connectivity index (χ2n) is 25.9. The first kappa shape index (κ1) is 89.2. The number of likely N-dealkylation sites (tertiary alicyclic amines) is 1. The number of nitrogens with two attached hydrogens (primary N) is 3. The molecule has 1 fully saturated rings. The molecule has 36 nitrogen and oxygen atoms in total. The van der Waals surface area contributed by atoms with Crippen LogP contribution in [0, 0.1) is 0 Å². The zero-order valence-electron chi connectivity index (χ0n) is 58.7. The molecule has 1 aromatic rings. The molecule has 37 heteroatoms. The minimum atomic E-state index is -1.98. The lowest BCUT2D eigenvalue weighted by Gasteiger charge is -2.30. The van der Waals surface area contributed by atoms with Crippen LogP contribution in [0.15, 0.2) is 24.3 Å². The standard InChI is InChI=1S/C65H103N13O23S/c1-36(79)22-29-100-65(6,7)24-30-101-64(4,5)23-27-69-49(81)21-28-78-50(82)34-48(62(78)97)102-35-47(63(98)99)77-59(94)43(14-10-12-26-67)74-61(96)46(33-53(87)88)75-55(90)38(3)71-58(93)44(19-20-51(83)84)72-54(89)37(2)70-57(92)42(13-9-8-11-25-66)73-60(95)45(31-39-15-17-40(80)18-16-39)76-56(91)41(68)32-52(85)86/h15-18,37-38,41-48,80H,8-14,19-35,66-68H2,1-7H3,(H,69,81)(H,70,92)(H,71,93)(H,72,89)(H,73,95)(H,74,96)(H,75,90)(H,76,91)(H,77,94)(H,83,84)(H,85,86)(H,87,88)(H,98,99)/t37-,38-,41-,42-,43-,44-,45-,46-,47-,48?/m0/s1. The van der Waals surface area contributed by atoms with Gasteiger partial charge in [-0.1, -0.05) is 25.0 Å². The van der Waals surface area contributed by atoms with Crippen molar-refractivity contribution in [3.8, 4) is 5.75 Å². The minimum Gasteiger partial charge on any atom is -0.508 e. The number of hydrogen-bond acceptors (Lipinski definition) is 23. The first-order chi connectivity index (χ1) is 47.8. The van der Waals surface area contributed by atoms with Crippen molar-refractivity contribution >= 4 is 106 Å². The molecule has 0 bridgehead atoms. The van der Waals surface area contributed by atoms with Crippen molar-refractivity contribution in [2.24, 2.45) is 17.2 Å². The van der Waals surface area contributed by atoms with Gasteiger partial charge in [0.2, 0.25) is 65.0 Å². The summed E-state index contributed by atoms with van der Waals surface area (Å²) in [4.78, 5) is 209. The summed E-state index contributed by atoms with van der Waals surface area (Å²) in [6, 6.07) is -9.22. The molecule has 1 aliphatic rings. The van der Waals surface area contributed by atoms with Crippen molar-refractivity contribution in [1.82, 2.24) is 52.8 Å². The van der Waals surface area contributed by atoms with Gasteiger partial charge in [-0.15, -0.1) is 11.8 Å². The molecule has 2 rings (SSSR count). The molecule has 0 aliphatic carbocycles. The van der Waals surface area contributed by atoms with Crippen LogP contribution in [0.4, 0.5) is 0 Å². The van der Waals surface area contributed by atoms with E-state index in [4.69, 9.17) is 26.7 Å².